The molecule has 1 amide bonds. The van der Waals surface area contributed by atoms with Crippen molar-refractivity contribution in [2.75, 3.05) is 25.0 Å². The largest absolute Gasteiger partial charge is 0.368 e. The van der Waals surface area contributed by atoms with Crippen LogP contribution in [0.1, 0.15) is 23.2 Å². The molecule has 0 bridgehead atoms. The number of halogens is 1. The Kier molecular flexibility index (Phi) is 3.56. The van der Waals surface area contributed by atoms with Gasteiger partial charge < -0.3 is 10.6 Å². The Hall–Kier alpha value is -2.24. The first kappa shape index (κ1) is 17.2. The normalized spacial score (nSPS) is 19.8. The summed E-state index contributed by atoms with van der Waals surface area (Å²) in [5, 5.41) is 9.18. The second-order valence-corrected chi connectivity index (χ2v) is 8.84. The zero-order valence-electron chi connectivity index (χ0n) is 14.1. The summed E-state index contributed by atoms with van der Waals surface area (Å²) in [6, 6.07) is 1.20. The van der Waals surface area contributed by atoms with Crippen molar-refractivity contribution >= 4 is 27.3 Å². The molecule has 1 aliphatic carbocycles. The number of carbonyl (C=O) groups excluding carboxylic acids is 1. The van der Waals surface area contributed by atoms with Crippen molar-refractivity contribution in [3.8, 4) is 0 Å². The number of aromatic nitrogens is 2. The topological polar surface area (TPSA) is 127 Å². The lowest BCUT2D eigenvalue weighted by atomic mass is 9.60. The van der Waals surface area contributed by atoms with Crippen molar-refractivity contribution in [2.24, 2.45) is 16.3 Å². The monoisotopic (exact) mass is 382 g/mol. The molecule has 1 spiro atoms. The van der Waals surface area contributed by atoms with Crippen LogP contribution < -0.4 is 15.8 Å². The van der Waals surface area contributed by atoms with E-state index >= 15 is 0 Å². The van der Waals surface area contributed by atoms with Crippen molar-refractivity contribution < 1.29 is 17.6 Å². The van der Waals surface area contributed by atoms with Gasteiger partial charge in [-0.3, -0.25) is 4.79 Å². The summed E-state index contributed by atoms with van der Waals surface area (Å²) in [6.07, 6.45) is 3.96. The molecule has 2 aromatic rings. The van der Waals surface area contributed by atoms with E-state index in [0.29, 0.717) is 37.1 Å². The third kappa shape index (κ3) is 2.54. The van der Waals surface area contributed by atoms with Crippen molar-refractivity contribution in [2.45, 2.75) is 18.9 Å². The van der Waals surface area contributed by atoms with E-state index in [0.717, 1.165) is 0 Å². The van der Waals surface area contributed by atoms with Crippen molar-refractivity contribution in [1.29, 1.82) is 0 Å². The van der Waals surface area contributed by atoms with Crippen LogP contribution in [-0.2, 0) is 10.2 Å². The molecule has 4 rings (SSSR count). The van der Waals surface area contributed by atoms with Crippen molar-refractivity contribution in [3.63, 3.8) is 0 Å². The summed E-state index contributed by atoms with van der Waals surface area (Å²) < 4.78 is 39.1. The molecule has 3 heterocycles. The van der Waals surface area contributed by atoms with Gasteiger partial charge in [-0.05, 0) is 12.8 Å². The Labute approximate surface area is 149 Å². The van der Waals surface area contributed by atoms with Crippen molar-refractivity contribution in [3.05, 3.63) is 29.8 Å². The molecular formula is C15H19FN6O3S. The molecule has 2 fully saturated rings. The van der Waals surface area contributed by atoms with Gasteiger partial charge in [0.05, 0.1) is 29.2 Å². The number of nitrogens with two attached hydrogens (primary N) is 2. The molecule has 2 aliphatic rings. The number of nitrogens with zero attached hydrogens (tertiary/aromatic N) is 4. The molecule has 11 heteroatoms. The lowest BCUT2D eigenvalue weighted by Crippen LogP contribution is -2.67. The van der Waals surface area contributed by atoms with Gasteiger partial charge in [-0.15, -0.1) is 0 Å². The van der Waals surface area contributed by atoms with Gasteiger partial charge in [0.2, 0.25) is 0 Å². The maximum atomic E-state index is 13.6. The number of amides is 1. The van der Waals surface area contributed by atoms with Crippen LogP contribution in [0.5, 0.6) is 0 Å². The molecule has 0 unspecified atom stereocenters. The van der Waals surface area contributed by atoms with Gasteiger partial charge >= 0.3 is 0 Å². The number of hydrogen-bond acceptors (Lipinski definition) is 5. The number of fused-ring (bicyclic) bond motifs is 1. The molecule has 0 aromatic carbocycles. The van der Waals surface area contributed by atoms with Crippen LogP contribution in [0, 0.1) is 11.2 Å². The fourth-order valence-corrected chi connectivity index (χ4v) is 4.67. The van der Waals surface area contributed by atoms with Crippen LogP contribution in [0.25, 0.3) is 5.52 Å². The predicted octanol–water partition coefficient (Wildman–Crippen LogP) is -0.324. The van der Waals surface area contributed by atoms with Gasteiger partial charge in [0.25, 0.3) is 16.1 Å². The van der Waals surface area contributed by atoms with Gasteiger partial charge in [-0.2, -0.15) is 17.8 Å². The standard InChI is InChI=1S/C15H19FN6O3S/c1-20(26(18,24)25)10-3-15(4-10)7-21(8-15)13-11(14(17)23)5-19-22-6-9(16)2-12(13)22/h2,5-6,10H,3-4,7-8H2,1H3,(H2,17,23)(H2,18,24,25). The average Bonchev–Trinajstić information content (AvgIpc) is 2.83. The molecule has 4 N–H and O–H groups in total. The second kappa shape index (κ2) is 5.38. The minimum absolute atomic E-state index is 0.0239. The van der Waals surface area contributed by atoms with E-state index in [4.69, 9.17) is 10.9 Å². The van der Waals surface area contributed by atoms with Crippen LogP contribution in [0.3, 0.4) is 0 Å². The summed E-state index contributed by atoms with van der Waals surface area (Å²) in [5.74, 6) is -1.08. The number of rotatable bonds is 4. The summed E-state index contributed by atoms with van der Waals surface area (Å²) >= 11 is 0. The molecule has 0 atom stereocenters. The highest BCUT2D eigenvalue weighted by molar-refractivity contribution is 7.86. The van der Waals surface area contributed by atoms with Crippen LogP contribution in [-0.4, -0.2) is 54.4 Å². The predicted molar refractivity (Wildman–Crippen MR) is 92.2 cm³/mol. The Morgan fingerprint density at radius 1 is 1.42 bits per heavy atom. The summed E-state index contributed by atoms with van der Waals surface area (Å²) in [5.41, 5.74) is 6.71. The number of primary amides is 1. The van der Waals surface area contributed by atoms with Gasteiger partial charge in [0.15, 0.2) is 0 Å². The summed E-state index contributed by atoms with van der Waals surface area (Å²) in [4.78, 5) is 13.7. The summed E-state index contributed by atoms with van der Waals surface area (Å²) in [6.45, 7) is 1.27. The van der Waals surface area contributed by atoms with Gasteiger partial charge in [-0.1, -0.05) is 0 Å². The Morgan fingerprint density at radius 2 is 2.08 bits per heavy atom. The maximum absolute atomic E-state index is 13.6. The highest BCUT2D eigenvalue weighted by Gasteiger charge is 2.55. The van der Waals surface area contributed by atoms with Gasteiger partial charge in [0, 0.05) is 37.7 Å². The summed E-state index contributed by atoms with van der Waals surface area (Å²) in [7, 11) is -2.23. The van der Waals surface area contributed by atoms with Crippen LogP contribution >= 0.6 is 0 Å². The zero-order chi connectivity index (χ0) is 18.9. The fraction of sp³-hybridized carbons (Fsp3) is 0.467. The lowest BCUT2D eigenvalue weighted by molar-refractivity contribution is 0.0210. The molecule has 140 valence electrons. The highest BCUT2D eigenvalue weighted by Crippen LogP contribution is 2.52. The first-order chi connectivity index (χ1) is 12.1. The van der Waals surface area contributed by atoms with E-state index in [-0.39, 0.29) is 17.0 Å². The first-order valence-corrected chi connectivity index (χ1v) is 9.57. The van der Waals surface area contributed by atoms with Crippen LogP contribution in [0.15, 0.2) is 18.5 Å². The lowest BCUT2D eigenvalue weighted by Gasteiger charge is -2.61. The first-order valence-electron chi connectivity index (χ1n) is 8.07. The smallest absolute Gasteiger partial charge is 0.276 e. The van der Waals surface area contributed by atoms with Gasteiger partial charge in [-0.25, -0.2) is 14.0 Å². The molecule has 2 aromatic heterocycles. The van der Waals surface area contributed by atoms with Gasteiger partial charge in [0.1, 0.15) is 5.82 Å². The maximum Gasteiger partial charge on any atom is 0.276 e. The minimum Gasteiger partial charge on any atom is -0.368 e. The zero-order valence-corrected chi connectivity index (χ0v) is 14.9. The Balaban J connectivity index is 1.57. The third-order valence-corrected chi connectivity index (χ3v) is 6.56. The van der Waals surface area contributed by atoms with Crippen LogP contribution in [0.2, 0.25) is 0 Å². The Bertz CT molecular complexity index is 1010. The van der Waals surface area contributed by atoms with E-state index in [1.165, 1.54) is 34.3 Å². The molecule has 26 heavy (non-hydrogen) atoms. The van der Waals surface area contributed by atoms with E-state index in [1.807, 2.05) is 4.90 Å². The molecule has 1 aliphatic heterocycles. The average molecular weight is 382 g/mol. The third-order valence-electron chi connectivity index (χ3n) is 5.46. The molecule has 9 nitrogen and oxygen atoms in total. The fourth-order valence-electron chi connectivity index (χ4n) is 4.11. The molecule has 1 saturated carbocycles. The molecule has 0 radical (unpaired) electrons. The number of carbonyl (C=O) groups is 1. The van der Waals surface area contributed by atoms with Crippen molar-refractivity contribution in [1.82, 2.24) is 13.9 Å². The SMILES string of the molecule is CN(C1CC2(C1)CN(c1c(C(N)=O)cnn3cc(F)cc13)C2)S(N)(=O)=O. The molecular weight excluding hydrogens is 363 g/mol. The second-order valence-electron chi connectivity index (χ2n) is 7.24. The number of hydrogen-bond donors (Lipinski definition) is 2. The number of anilines is 1. The van der Waals surface area contributed by atoms with E-state index in [9.17, 15) is 17.6 Å². The van der Waals surface area contributed by atoms with E-state index in [2.05, 4.69) is 5.10 Å². The minimum atomic E-state index is -3.70. The van der Waals surface area contributed by atoms with E-state index < -0.39 is 21.9 Å². The highest BCUT2D eigenvalue weighted by atomic mass is 32.2. The quantitative estimate of drug-likeness (QED) is 0.749. The Morgan fingerprint density at radius 3 is 2.65 bits per heavy atom. The van der Waals surface area contributed by atoms with Crippen LogP contribution in [0.4, 0.5) is 10.1 Å². The molecule has 1 saturated heterocycles. The van der Waals surface area contributed by atoms with E-state index in [1.54, 1.807) is 0 Å².